The Labute approximate surface area is 156 Å². The van der Waals surface area contributed by atoms with Gasteiger partial charge in [-0.3, -0.25) is 0 Å². The van der Waals surface area contributed by atoms with Crippen LogP contribution in [0.1, 0.15) is 24.5 Å². The van der Waals surface area contributed by atoms with E-state index in [9.17, 15) is 0 Å². The molecule has 0 amide bonds. The lowest BCUT2D eigenvalue weighted by atomic mass is 10.1. The van der Waals surface area contributed by atoms with Gasteiger partial charge in [0.1, 0.15) is 5.75 Å². The summed E-state index contributed by atoms with van der Waals surface area (Å²) in [6, 6.07) is 18.2. The highest BCUT2D eigenvalue weighted by atomic mass is 16.5. The molecule has 2 aromatic rings. The Balaban J connectivity index is 1.76. The lowest BCUT2D eigenvalue weighted by molar-refractivity contribution is 0.185. The highest BCUT2D eigenvalue weighted by Gasteiger charge is 1.99. The lowest BCUT2D eigenvalue weighted by Crippen LogP contribution is -2.38. The summed E-state index contributed by atoms with van der Waals surface area (Å²) < 4.78 is 10.9. The van der Waals surface area contributed by atoms with Crippen molar-refractivity contribution >= 4 is 5.96 Å². The molecule has 0 aliphatic carbocycles. The molecule has 5 heteroatoms. The minimum atomic E-state index is 0.622. The van der Waals surface area contributed by atoms with Gasteiger partial charge in [0, 0.05) is 20.2 Å². The van der Waals surface area contributed by atoms with E-state index in [1.54, 1.807) is 7.11 Å². The first kappa shape index (κ1) is 19.8. The van der Waals surface area contributed by atoms with Crippen molar-refractivity contribution in [3.05, 3.63) is 65.7 Å². The average molecular weight is 355 g/mol. The Bertz CT molecular complexity index is 659. The molecule has 0 bridgehead atoms. The van der Waals surface area contributed by atoms with Gasteiger partial charge in [0.25, 0.3) is 0 Å². The molecular formula is C21H29N3O2. The van der Waals surface area contributed by atoms with Gasteiger partial charge in [-0.05, 0) is 36.6 Å². The van der Waals surface area contributed by atoms with Gasteiger partial charge in [0.05, 0.1) is 19.8 Å². The lowest BCUT2D eigenvalue weighted by Gasteiger charge is -2.12. The molecule has 0 radical (unpaired) electrons. The predicted octanol–water partition coefficient (Wildman–Crippen LogP) is 3.36. The van der Waals surface area contributed by atoms with Crippen molar-refractivity contribution in [1.82, 2.24) is 10.6 Å². The first-order valence-electron chi connectivity index (χ1n) is 9.08. The summed E-state index contributed by atoms with van der Waals surface area (Å²) in [4.78, 5) is 4.65. The number of methoxy groups -OCH3 is 1. The molecule has 2 N–H and O–H groups in total. The molecule has 0 unspecified atom stereocenters. The quantitative estimate of drug-likeness (QED) is 0.390. The smallest absolute Gasteiger partial charge is 0.191 e. The van der Waals surface area contributed by atoms with E-state index in [2.05, 4.69) is 40.7 Å². The SMILES string of the molecule is CCNC(=NCc1cccc(COC)c1)NCCCOc1ccccc1. The van der Waals surface area contributed by atoms with Crippen LogP contribution in [0, 0.1) is 0 Å². The summed E-state index contributed by atoms with van der Waals surface area (Å²) in [5, 5.41) is 6.63. The molecule has 26 heavy (non-hydrogen) atoms. The minimum Gasteiger partial charge on any atom is -0.494 e. The fourth-order valence-corrected chi connectivity index (χ4v) is 2.48. The predicted molar refractivity (Wildman–Crippen MR) is 107 cm³/mol. The van der Waals surface area contributed by atoms with Crippen LogP contribution in [0.25, 0.3) is 0 Å². The number of aliphatic imine (C=N–C) groups is 1. The van der Waals surface area contributed by atoms with Gasteiger partial charge < -0.3 is 20.1 Å². The van der Waals surface area contributed by atoms with Crippen molar-refractivity contribution in [1.29, 1.82) is 0 Å². The third-order valence-electron chi connectivity index (χ3n) is 3.69. The largest absolute Gasteiger partial charge is 0.494 e. The Morgan fingerprint density at radius 2 is 1.81 bits per heavy atom. The van der Waals surface area contributed by atoms with Crippen molar-refractivity contribution < 1.29 is 9.47 Å². The van der Waals surface area contributed by atoms with E-state index in [1.807, 2.05) is 36.4 Å². The summed E-state index contributed by atoms with van der Waals surface area (Å²) in [5.74, 6) is 1.73. The van der Waals surface area contributed by atoms with E-state index in [0.717, 1.165) is 36.8 Å². The number of benzene rings is 2. The maximum absolute atomic E-state index is 5.70. The average Bonchev–Trinajstić information content (AvgIpc) is 2.67. The molecule has 0 aromatic heterocycles. The Morgan fingerprint density at radius 1 is 1.00 bits per heavy atom. The van der Waals surface area contributed by atoms with Crippen LogP contribution in [0.15, 0.2) is 59.6 Å². The van der Waals surface area contributed by atoms with Gasteiger partial charge in [-0.25, -0.2) is 4.99 Å². The summed E-state index contributed by atoms with van der Waals surface area (Å²) in [5.41, 5.74) is 2.33. The highest BCUT2D eigenvalue weighted by molar-refractivity contribution is 5.79. The van der Waals surface area contributed by atoms with Crippen LogP contribution in [0.2, 0.25) is 0 Å². The van der Waals surface area contributed by atoms with E-state index in [4.69, 9.17) is 9.47 Å². The third kappa shape index (κ3) is 7.57. The standard InChI is InChI=1S/C21H29N3O2/c1-3-22-21(23-13-8-14-26-20-11-5-4-6-12-20)24-16-18-9-7-10-19(15-18)17-25-2/h4-7,9-12,15H,3,8,13-14,16-17H2,1-2H3,(H2,22,23,24). The number of para-hydroxylation sites is 1. The monoisotopic (exact) mass is 355 g/mol. The number of nitrogens with one attached hydrogen (secondary N) is 2. The van der Waals surface area contributed by atoms with E-state index in [-0.39, 0.29) is 0 Å². The Morgan fingerprint density at radius 3 is 2.58 bits per heavy atom. The molecule has 2 aromatic carbocycles. The molecule has 0 aliphatic heterocycles. The topological polar surface area (TPSA) is 54.9 Å². The summed E-state index contributed by atoms with van der Waals surface area (Å²) in [7, 11) is 1.71. The van der Waals surface area contributed by atoms with Crippen LogP contribution in [-0.2, 0) is 17.9 Å². The van der Waals surface area contributed by atoms with Crippen molar-refractivity contribution in [2.45, 2.75) is 26.5 Å². The van der Waals surface area contributed by atoms with Crippen LogP contribution in [0.3, 0.4) is 0 Å². The molecule has 0 saturated carbocycles. The van der Waals surface area contributed by atoms with Crippen LogP contribution in [-0.4, -0.2) is 32.8 Å². The zero-order chi connectivity index (χ0) is 18.5. The number of nitrogens with zero attached hydrogens (tertiary/aromatic N) is 1. The van der Waals surface area contributed by atoms with E-state index < -0.39 is 0 Å². The molecule has 140 valence electrons. The molecule has 0 aliphatic rings. The number of hydrogen-bond acceptors (Lipinski definition) is 3. The van der Waals surface area contributed by atoms with Crippen molar-refractivity contribution in [3.63, 3.8) is 0 Å². The van der Waals surface area contributed by atoms with E-state index >= 15 is 0 Å². The molecular weight excluding hydrogens is 326 g/mol. The van der Waals surface area contributed by atoms with Gasteiger partial charge >= 0.3 is 0 Å². The summed E-state index contributed by atoms with van der Waals surface area (Å²) in [6.45, 7) is 5.63. The van der Waals surface area contributed by atoms with Crippen LogP contribution in [0.4, 0.5) is 0 Å². The first-order chi connectivity index (χ1) is 12.8. The van der Waals surface area contributed by atoms with Crippen LogP contribution < -0.4 is 15.4 Å². The van der Waals surface area contributed by atoms with Gasteiger partial charge in [0.2, 0.25) is 0 Å². The normalized spacial score (nSPS) is 11.2. The molecule has 0 saturated heterocycles. The van der Waals surface area contributed by atoms with Crippen molar-refractivity contribution in [2.75, 3.05) is 26.8 Å². The second kappa shape index (κ2) is 11.9. The second-order valence-corrected chi connectivity index (χ2v) is 5.89. The summed E-state index contributed by atoms with van der Waals surface area (Å²) in [6.07, 6.45) is 0.905. The number of ether oxygens (including phenoxy) is 2. The molecule has 0 spiro atoms. The zero-order valence-electron chi connectivity index (χ0n) is 15.7. The number of guanidine groups is 1. The molecule has 0 fully saturated rings. The number of hydrogen-bond donors (Lipinski definition) is 2. The van der Waals surface area contributed by atoms with Crippen LogP contribution in [0.5, 0.6) is 5.75 Å². The summed E-state index contributed by atoms with van der Waals surface area (Å²) >= 11 is 0. The van der Waals surface area contributed by atoms with Crippen molar-refractivity contribution in [3.8, 4) is 5.75 Å². The van der Waals surface area contributed by atoms with Gasteiger partial charge in [-0.2, -0.15) is 0 Å². The second-order valence-electron chi connectivity index (χ2n) is 5.89. The fraction of sp³-hybridized carbons (Fsp3) is 0.381. The first-order valence-corrected chi connectivity index (χ1v) is 9.08. The Kier molecular flexibility index (Phi) is 9.08. The number of rotatable bonds is 10. The van der Waals surface area contributed by atoms with E-state index in [0.29, 0.717) is 19.8 Å². The van der Waals surface area contributed by atoms with Crippen LogP contribution >= 0.6 is 0 Å². The fourth-order valence-electron chi connectivity index (χ4n) is 2.48. The third-order valence-corrected chi connectivity index (χ3v) is 3.69. The minimum absolute atomic E-state index is 0.622. The van der Waals surface area contributed by atoms with Gasteiger partial charge in [0.15, 0.2) is 5.96 Å². The Hall–Kier alpha value is -2.53. The molecule has 5 nitrogen and oxygen atoms in total. The van der Waals surface area contributed by atoms with Gasteiger partial charge in [-0.1, -0.05) is 42.5 Å². The maximum atomic E-state index is 5.70. The molecule has 2 rings (SSSR count). The highest BCUT2D eigenvalue weighted by Crippen LogP contribution is 2.08. The molecule has 0 atom stereocenters. The zero-order valence-corrected chi connectivity index (χ0v) is 15.7. The maximum Gasteiger partial charge on any atom is 0.191 e. The molecule has 0 heterocycles. The van der Waals surface area contributed by atoms with Crippen molar-refractivity contribution in [2.24, 2.45) is 4.99 Å². The van der Waals surface area contributed by atoms with Gasteiger partial charge in [-0.15, -0.1) is 0 Å². The van der Waals surface area contributed by atoms with E-state index in [1.165, 1.54) is 5.56 Å².